The minimum atomic E-state index is -0.867. The van der Waals surface area contributed by atoms with Gasteiger partial charge in [0.05, 0.1) is 0 Å². The molecular formula is C13H14F2O3. The van der Waals surface area contributed by atoms with Crippen LogP contribution in [-0.4, -0.2) is 16.9 Å². The number of carbonyl (C=O) groups is 2. The van der Waals surface area contributed by atoms with Crippen molar-refractivity contribution in [1.82, 2.24) is 0 Å². The first-order chi connectivity index (χ1) is 8.49. The molecule has 0 heterocycles. The largest absolute Gasteiger partial charge is 0.481 e. The van der Waals surface area contributed by atoms with Gasteiger partial charge in [0, 0.05) is 24.5 Å². The van der Waals surface area contributed by atoms with E-state index in [1.165, 1.54) is 0 Å². The van der Waals surface area contributed by atoms with E-state index in [4.69, 9.17) is 5.11 Å². The Kier molecular flexibility index (Phi) is 5.42. The molecule has 0 aliphatic carbocycles. The number of hydrogen-bond acceptors (Lipinski definition) is 2. The van der Waals surface area contributed by atoms with Crippen LogP contribution in [0.15, 0.2) is 18.2 Å². The molecule has 1 aromatic rings. The second-order valence-electron chi connectivity index (χ2n) is 4.04. The van der Waals surface area contributed by atoms with Crippen molar-refractivity contribution in [3.05, 3.63) is 35.4 Å². The fraction of sp³-hybridized carbons (Fsp3) is 0.385. The molecule has 0 atom stereocenters. The third-order valence-electron chi connectivity index (χ3n) is 2.48. The molecule has 0 unspecified atom stereocenters. The fourth-order valence-electron chi connectivity index (χ4n) is 1.60. The fourth-order valence-corrected chi connectivity index (χ4v) is 1.60. The van der Waals surface area contributed by atoms with Gasteiger partial charge in [0.2, 0.25) is 0 Å². The van der Waals surface area contributed by atoms with E-state index >= 15 is 0 Å². The summed E-state index contributed by atoms with van der Waals surface area (Å²) in [7, 11) is 0. The van der Waals surface area contributed by atoms with Crippen molar-refractivity contribution in [2.75, 3.05) is 0 Å². The topological polar surface area (TPSA) is 54.4 Å². The molecule has 1 rings (SSSR count). The van der Waals surface area contributed by atoms with Gasteiger partial charge >= 0.3 is 5.97 Å². The minimum absolute atomic E-state index is 0.0192. The average Bonchev–Trinajstić information content (AvgIpc) is 2.26. The van der Waals surface area contributed by atoms with Crippen molar-refractivity contribution < 1.29 is 23.5 Å². The predicted molar refractivity (Wildman–Crippen MR) is 61.4 cm³/mol. The SMILES string of the molecule is O=C(O)CCCCCC(=O)c1cc(F)cc(F)c1. The molecule has 5 heteroatoms. The lowest BCUT2D eigenvalue weighted by atomic mass is 10.0. The standard InChI is InChI=1S/C13H14F2O3/c14-10-6-9(7-11(15)8-10)12(16)4-2-1-3-5-13(17)18/h6-8H,1-5H2,(H,17,18). The molecule has 0 aromatic heterocycles. The van der Waals surface area contributed by atoms with Gasteiger partial charge < -0.3 is 5.11 Å². The Morgan fingerprint density at radius 2 is 1.50 bits per heavy atom. The second kappa shape index (κ2) is 6.83. The maximum atomic E-state index is 12.9. The predicted octanol–water partition coefficient (Wildman–Crippen LogP) is 3.18. The zero-order valence-electron chi connectivity index (χ0n) is 9.79. The summed E-state index contributed by atoms with van der Waals surface area (Å²) in [5.41, 5.74) is 0.0192. The van der Waals surface area contributed by atoms with Crippen LogP contribution >= 0.6 is 0 Å². The Bertz CT molecular complexity index is 424. The number of Topliss-reactive ketones (excluding diaryl/α,β-unsaturated/α-hetero) is 1. The molecule has 0 saturated heterocycles. The Labute approximate surface area is 103 Å². The summed E-state index contributed by atoms with van der Waals surface area (Å²) >= 11 is 0. The number of benzene rings is 1. The number of hydrogen-bond donors (Lipinski definition) is 1. The van der Waals surface area contributed by atoms with Gasteiger partial charge in [-0.2, -0.15) is 0 Å². The molecule has 0 spiro atoms. The van der Waals surface area contributed by atoms with E-state index in [1.54, 1.807) is 0 Å². The molecule has 0 amide bonds. The molecule has 0 aliphatic rings. The van der Waals surface area contributed by atoms with Gasteiger partial charge in [-0.3, -0.25) is 9.59 Å². The lowest BCUT2D eigenvalue weighted by Crippen LogP contribution is -2.01. The highest BCUT2D eigenvalue weighted by Crippen LogP contribution is 2.12. The van der Waals surface area contributed by atoms with Gasteiger partial charge in [0.15, 0.2) is 5.78 Å². The van der Waals surface area contributed by atoms with E-state index in [1.807, 2.05) is 0 Å². The van der Waals surface area contributed by atoms with Gasteiger partial charge in [0.1, 0.15) is 11.6 Å². The summed E-state index contributed by atoms with van der Waals surface area (Å²) in [5, 5.41) is 8.41. The highest BCUT2D eigenvalue weighted by molar-refractivity contribution is 5.96. The van der Waals surface area contributed by atoms with Crippen molar-refractivity contribution in [1.29, 1.82) is 0 Å². The lowest BCUT2D eigenvalue weighted by Gasteiger charge is -2.02. The number of halogens is 2. The lowest BCUT2D eigenvalue weighted by molar-refractivity contribution is -0.137. The summed E-state index contributed by atoms with van der Waals surface area (Å²) in [6.07, 6.45) is 1.87. The quantitative estimate of drug-likeness (QED) is 0.602. The number of aliphatic carboxylic acids is 1. The molecular weight excluding hydrogens is 242 g/mol. The van der Waals surface area contributed by atoms with Crippen molar-refractivity contribution in [2.24, 2.45) is 0 Å². The van der Waals surface area contributed by atoms with Crippen LogP contribution < -0.4 is 0 Å². The van der Waals surface area contributed by atoms with E-state index in [2.05, 4.69) is 0 Å². The van der Waals surface area contributed by atoms with Crippen LogP contribution in [0.25, 0.3) is 0 Å². The van der Waals surface area contributed by atoms with Crippen LogP contribution in [0.3, 0.4) is 0 Å². The van der Waals surface area contributed by atoms with E-state index in [0.717, 1.165) is 12.1 Å². The number of carboxylic acid groups (broad SMARTS) is 1. The van der Waals surface area contributed by atoms with Gasteiger partial charge in [-0.25, -0.2) is 8.78 Å². The molecule has 0 fully saturated rings. The molecule has 1 aromatic carbocycles. The van der Waals surface area contributed by atoms with E-state index in [0.29, 0.717) is 25.3 Å². The Hall–Kier alpha value is -1.78. The molecule has 0 bridgehead atoms. The van der Waals surface area contributed by atoms with E-state index in [-0.39, 0.29) is 24.2 Å². The Morgan fingerprint density at radius 1 is 0.944 bits per heavy atom. The molecule has 0 aliphatic heterocycles. The van der Waals surface area contributed by atoms with Crippen LogP contribution in [0.4, 0.5) is 8.78 Å². The highest BCUT2D eigenvalue weighted by Gasteiger charge is 2.09. The first-order valence-electron chi connectivity index (χ1n) is 5.70. The zero-order chi connectivity index (χ0) is 13.5. The normalized spacial score (nSPS) is 10.3. The number of carboxylic acids is 1. The highest BCUT2D eigenvalue weighted by atomic mass is 19.1. The van der Waals surface area contributed by atoms with Crippen LogP contribution in [0, 0.1) is 11.6 Å². The molecule has 3 nitrogen and oxygen atoms in total. The summed E-state index contributed by atoms with van der Waals surface area (Å²) in [4.78, 5) is 21.8. The monoisotopic (exact) mass is 256 g/mol. The molecule has 0 saturated carbocycles. The van der Waals surface area contributed by atoms with Gasteiger partial charge in [-0.05, 0) is 25.0 Å². The Morgan fingerprint density at radius 3 is 2.06 bits per heavy atom. The van der Waals surface area contributed by atoms with Crippen molar-refractivity contribution in [2.45, 2.75) is 32.1 Å². The van der Waals surface area contributed by atoms with Crippen molar-refractivity contribution >= 4 is 11.8 Å². The number of unbranched alkanes of at least 4 members (excludes halogenated alkanes) is 2. The molecule has 1 N–H and O–H groups in total. The molecule has 18 heavy (non-hydrogen) atoms. The van der Waals surface area contributed by atoms with Crippen LogP contribution in [0.1, 0.15) is 42.5 Å². The van der Waals surface area contributed by atoms with Crippen molar-refractivity contribution in [3.8, 4) is 0 Å². The first-order valence-corrected chi connectivity index (χ1v) is 5.70. The maximum absolute atomic E-state index is 12.9. The number of rotatable bonds is 7. The smallest absolute Gasteiger partial charge is 0.303 e. The summed E-state index contributed by atoms with van der Waals surface area (Å²) in [6.45, 7) is 0. The summed E-state index contributed by atoms with van der Waals surface area (Å²) in [6, 6.07) is 2.72. The third-order valence-corrected chi connectivity index (χ3v) is 2.48. The number of ketones is 1. The van der Waals surface area contributed by atoms with Crippen molar-refractivity contribution in [3.63, 3.8) is 0 Å². The van der Waals surface area contributed by atoms with Gasteiger partial charge in [-0.1, -0.05) is 6.42 Å². The maximum Gasteiger partial charge on any atom is 0.303 e. The zero-order valence-corrected chi connectivity index (χ0v) is 9.79. The summed E-state index contributed by atoms with van der Waals surface area (Å²) < 4.78 is 25.7. The van der Waals surface area contributed by atoms with Crippen LogP contribution in [-0.2, 0) is 4.79 Å². The van der Waals surface area contributed by atoms with Crippen LogP contribution in [0.5, 0.6) is 0 Å². The average molecular weight is 256 g/mol. The van der Waals surface area contributed by atoms with E-state index in [9.17, 15) is 18.4 Å². The van der Waals surface area contributed by atoms with E-state index < -0.39 is 17.6 Å². The Balaban J connectivity index is 2.38. The van der Waals surface area contributed by atoms with Crippen LogP contribution in [0.2, 0.25) is 0 Å². The van der Waals surface area contributed by atoms with Gasteiger partial charge in [0.25, 0.3) is 0 Å². The number of carbonyl (C=O) groups excluding carboxylic acids is 1. The summed E-state index contributed by atoms with van der Waals surface area (Å²) in [5.74, 6) is -2.74. The first kappa shape index (κ1) is 14.3. The van der Waals surface area contributed by atoms with Gasteiger partial charge in [-0.15, -0.1) is 0 Å². The third kappa shape index (κ3) is 5.03. The molecule has 0 radical (unpaired) electrons. The molecule has 98 valence electrons. The minimum Gasteiger partial charge on any atom is -0.481 e. The second-order valence-corrected chi connectivity index (χ2v) is 4.04.